The van der Waals surface area contributed by atoms with Crippen molar-refractivity contribution in [3.05, 3.63) is 40.0 Å². The molecule has 2 atom stereocenters. The van der Waals surface area contributed by atoms with Crippen molar-refractivity contribution >= 4 is 27.5 Å². The Kier molecular flexibility index (Phi) is 6.36. The molecule has 0 saturated carbocycles. The Bertz CT molecular complexity index is 1150. The molecular formula is C24H31N5O3S. The van der Waals surface area contributed by atoms with Gasteiger partial charge in [0.05, 0.1) is 24.7 Å². The molecule has 0 bridgehead atoms. The Morgan fingerprint density at radius 1 is 1.18 bits per heavy atom. The molecule has 8 nitrogen and oxygen atoms in total. The summed E-state index contributed by atoms with van der Waals surface area (Å²) in [6.45, 7) is 10.7. The number of nitrogens with one attached hydrogen (secondary N) is 1. The van der Waals surface area contributed by atoms with Gasteiger partial charge in [-0.15, -0.1) is 11.3 Å². The highest BCUT2D eigenvalue weighted by atomic mass is 32.1. The van der Waals surface area contributed by atoms with Gasteiger partial charge in [-0.25, -0.2) is 4.98 Å². The van der Waals surface area contributed by atoms with E-state index in [4.69, 9.17) is 9.40 Å². The highest BCUT2D eigenvalue weighted by Crippen LogP contribution is 2.31. The molecule has 176 valence electrons. The molecular weight excluding hydrogens is 438 g/mol. The average molecular weight is 470 g/mol. The van der Waals surface area contributed by atoms with Crippen LogP contribution < -0.4 is 5.56 Å². The van der Waals surface area contributed by atoms with E-state index >= 15 is 0 Å². The Morgan fingerprint density at radius 2 is 1.91 bits per heavy atom. The number of rotatable bonds is 5. The van der Waals surface area contributed by atoms with Crippen molar-refractivity contribution in [3.63, 3.8) is 0 Å². The third-order valence-electron chi connectivity index (χ3n) is 6.70. The van der Waals surface area contributed by atoms with E-state index in [1.165, 1.54) is 17.8 Å². The number of carbonyl (C=O) groups is 1. The lowest BCUT2D eigenvalue weighted by molar-refractivity contribution is -0.135. The number of furan rings is 1. The second kappa shape index (κ2) is 9.40. The van der Waals surface area contributed by atoms with Crippen molar-refractivity contribution in [2.45, 2.75) is 26.8 Å². The molecule has 3 aromatic rings. The molecule has 0 aliphatic carbocycles. The van der Waals surface area contributed by atoms with E-state index < -0.39 is 0 Å². The van der Waals surface area contributed by atoms with Crippen LogP contribution in [-0.2, 0) is 11.3 Å². The number of hydrogen-bond donors (Lipinski definition) is 1. The van der Waals surface area contributed by atoms with Crippen molar-refractivity contribution in [2.24, 2.45) is 11.8 Å². The minimum atomic E-state index is -0.128. The van der Waals surface area contributed by atoms with Crippen LogP contribution in [0.1, 0.15) is 26.1 Å². The quantitative estimate of drug-likeness (QED) is 0.619. The molecule has 3 aromatic heterocycles. The van der Waals surface area contributed by atoms with Gasteiger partial charge in [0.15, 0.2) is 0 Å². The first kappa shape index (κ1) is 22.3. The monoisotopic (exact) mass is 469 g/mol. The first-order valence-electron chi connectivity index (χ1n) is 11.7. The van der Waals surface area contributed by atoms with Crippen LogP contribution in [0.4, 0.5) is 0 Å². The first-order chi connectivity index (χ1) is 16.0. The number of piperazine rings is 1. The number of carbonyl (C=O) groups excluding carboxylic acids is 1. The van der Waals surface area contributed by atoms with Gasteiger partial charge in [0, 0.05) is 50.2 Å². The molecule has 0 spiro atoms. The lowest BCUT2D eigenvalue weighted by Gasteiger charge is -2.38. The third kappa shape index (κ3) is 4.90. The van der Waals surface area contributed by atoms with Crippen molar-refractivity contribution in [3.8, 4) is 11.3 Å². The molecule has 2 saturated heterocycles. The zero-order valence-electron chi connectivity index (χ0n) is 19.2. The van der Waals surface area contributed by atoms with Gasteiger partial charge in [-0.2, -0.15) is 0 Å². The number of likely N-dealkylation sites (tertiary alicyclic amines) is 1. The van der Waals surface area contributed by atoms with E-state index in [2.05, 4.69) is 28.6 Å². The Hall–Kier alpha value is -2.49. The Labute approximate surface area is 197 Å². The molecule has 9 heteroatoms. The average Bonchev–Trinajstić information content (AvgIpc) is 3.44. The van der Waals surface area contributed by atoms with Gasteiger partial charge in [-0.3, -0.25) is 19.4 Å². The fraction of sp³-hybridized carbons (Fsp3) is 0.542. The van der Waals surface area contributed by atoms with Crippen molar-refractivity contribution in [2.75, 3.05) is 45.8 Å². The van der Waals surface area contributed by atoms with E-state index in [1.54, 1.807) is 6.26 Å². The zero-order valence-corrected chi connectivity index (χ0v) is 20.1. The summed E-state index contributed by atoms with van der Waals surface area (Å²) in [5.74, 6) is 2.78. The zero-order chi connectivity index (χ0) is 22.9. The molecule has 1 N–H and O–H groups in total. The SMILES string of the molecule is CC1CC(C)CN(C(=O)CN2CCN(Cc3nc4scc(-c5ccco5)c4c(=O)[nH]3)CC2)C1. The van der Waals surface area contributed by atoms with Gasteiger partial charge >= 0.3 is 0 Å². The maximum atomic E-state index is 12.8. The van der Waals surface area contributed by atoms with E-state index in [-0.39, 0.29) is 11.5 Å². The van der Waals surface area contributed by atoms with E-state index in [9.17, 15) is 9.59 Å². The van der Waals surface area contributed by atoms with E-state index in [1.807, 2.05) is 22.4 Å². The molecule has 2 fully saturated rings. The van der Waals surface area contributed by atoms with Crippen LogP contribution in [0.3, 0.4) is 0 Å². The van der Waals surface area contributed by atoms with Crippen LogP contribution in [0.2, 0.25) is 0 Å². The summed E-state index contributed by atoms with van der Waals surface area (Å²) in [4.78, 5) is 40.6. The largest absolute Gasteiger partial charge is 0.464 e. The number of thiophene rings is 1. The minimum absolute atomic E-state index is 0.128. The second-order valence-corrected chi connectivity index (χ2v) is 10.5. The number of aromatic nitrogens is 2. The van der Waals surface area contributed by atoms with E-state index in [0.717, 1.165) is 49.7 Å². The maximum absolute atomic E-state index is 12.8. The van der Waals surface area contributed by atoms with Crippen LogP contribution in [0.25, 0.3) is 21.5 Å². The number of H-pyrrole nitrogens is 1. The summed E-state index contributed by atoms with van der Waals surface area (Å²) >= 11 is 1.46. The number of fused-ring (bicyclic) bond motifs is 1. The number of aromatic amines is 1. The van der Waals surface area contributed by atoms with Gasteiger partial charge < -0.3 is 14.3 Å². The van der Waals surface area contributed by atoms with Gasteiger partial charge in [0.2, 0.25) is 5.91 Å². The molecule has 0 aromatic carbocycles. The standard InChI is InChI=1S/C24H31N5O3S/c1-16-10-17(2)12-29(11-16)21(30)14-28-7-5-27(6-8-28)13-20-25-23(31)22-18(15-33-24(22)26-20)19-4-3-9-32-19/h3-4,9,15-17H,5-8,10-14H2,1-2H3,(H,25,26,31). The Morgan fingerprint density at radius 3 is 2.61 bits per heavy atom. The summed E-state index contributed by atoms with van der Waals surface area (Å²) in [5, 5.41) is 2.51. The van der Waals surface area contributed by atoms with Gasteiger partial charge in [-0.05, 0) is 30.4 Å². The number of nitrogens with zero attached hydrogens (tertiary/aromatic N) is 4. The van der Waals surface area contributed by atoms with Crippen LogP contribution in [-0.4, -0.2) is 76.4 Å². The molecule has 2 unspecified atom stereocenters. The summed E-state index contributed by atoms with van der Waals surface area (Å²) in [6.07, 6.45) is 2.82. The predicted molar refractivity (Wildman–Crippen MR) is 129 cm³/mol. The Balaban J connectivity index is 1.18. The van der Waals surface area contributed by atoms with Crippen molar-refractivity contribution < 1.29 is 9.21 Å². The fourth-order valence-electron chi connectivity index (χ4n) is 5.16. The highest BCUT2D eigenvalue weighted by Gasteiger charge is 2.27. The van der Waals surface area contributed by atoms with Crippen LogP contribution >= 0.6 is 11.3 Å². The number of amides is 1. The molecule has 33 heavy (non-hydrogen) atoms. The second-order valence-electron chi connectivity index (χ2n) is 9.62. The summed E-state index contributed by atoms with van der Waals surface area (Å²) in [7, 11) is 0. The van der Waals surface area contributed by atoms with Gasteiger partial charge in [0.1, 0.15) is 16.4 Å². The molecule has 5 rings (SSSR count). The lowest BCUT2D eigenvalue weighted by atomic mass is 9.92. The van der Waals surface area contributed by atoms with Gasteiger partial charge in [0.25, 0.3) is 5.56 Å². The van der Waals surface area contributed by atoms with E-state index in [0.29, 0.717) is 41.9 Å². The van der Waals surface area contributed by atoms with Crippen molar-refractivity contribution in [1.82, 2.24) is 24.7 Å². The van der Waals surface area contributed by atoms with Crippen molar-refractivity contribution in [1.29, 1.82) is 0 Å². The molecule has 1 amide bonds. The summed E-state index contributed by atoms with van der Waals surface area (Å²) in [5.41, 5.74) is 0.660. The van der Waals surface area contributed by atoms with Crippen LogP contribution in [0.5, 0.6) is 0 Å². The van der Waals surface area contributed by atoms with Crippen LogP contribution in [0.15, 0.2) is 33.0 Å². The first-order valence-corrected chi connectivity index (χ1v) is 12.6. The highest BCUT2D eigenvalue weighted by molar-refractivity contribution is 7.17. The van der Waals surface area contributed by atoms with Gasteiger partial charge in [-0.1, -0.05) is 13.8 Å². The topological polar surface area (TPSA) is 85.7 Å². The fourth-order valence-corrected chi connectivity index (χ4v) is 6.10. The minimum Gasteiger partial charge on any atom is -0.464 e. The summed E-state index contributed by atoms with van der Waals surface area (Å²) < 4.78 is 5.47. The molecule has 0 radical (unpaired) electrons. The number of hydrogen-bond acceptors (Lipinski definition) is 7. The molecule has 2 aliphatic rings. The summed E-state index contributed by atoms with van der Waals surface area (Å²) in [6, 6.07) is 3.67. The third-order valence-corrected chi connectivity index (χ3v) is 7.57. The molecule has 2 aliphatic heterocycles. The number of piperidine rings is 1. The smallest absolute Gasteiger partial charge is 0.260 e. The normalized spacial score (nSPS) is 22.8. The predicted octanol–water partition coefficient (Wildman–Crippen LogP) is 2.87. The van der Waals surface area contributed by atoms with Crippen LogP contribution in [0, 0.1) is 11.8 Å². The molecule has 5 heterocycles. The lowest BCUT2D eigenvalue weighted by Crippen LogP contribution is -2.51. The maximum Gasteiger partial charge on any atom is 0.260 e.